The number of fused-ring (bicyclic) bond motifs is 1. The smallest absolute Gasteiger partial charge is 0.318 e. The third-order valence-corrected chi connectivity index (χ3v) is 6.54. The number of thiophene rings is 1. The lowest BCUT2D eigenvalue weighted by Gasteiger charge is -2.19. The number of nitrogens with zero attached hydrogens (tertiary/aromatic N) is 4. The molecule has 9 heteroatoms. The first-order valence-corrected chi connectivity index (χ1v) is 10.5. The molecule has 0 aliphatic carbocycles. The Morgan fingerprint density at radius 3 is 3.07 bits per heavy atom. The summed E-state index contributed by atoms with van der Waals surface area (Å²) in [7, 11) is 0. The molecule has 1 aliphatic heterocycles. The highest BCUT2D eigenvalue weighted by molar-refractivity contribution is 7.17. The highest BCUT2D eigenvalue weighted by Crippen LogP contribution is 2.28. The molecule has 1 saturated heterocycles. The van der Waals surface area contributed by atoms with Crippen molar-refractivity contribution in [2.24, 2.45) is 0 Å². The molecule has 0 radical (unpaired) electrons. The van der Waals surface area contributed by atoms with Crippen molar-refractivity contribution in [3.05, 3.63) is 28.2 Å². The predicted octanol–water partition coefficient (Wildman–Crippen LogP) is 3.46. The summed E-state index contributed by atoms with van der Waals surface area (Å²) < 4.78 is 6.06. The van der Waals surface area contributed by atoms with Gasteiger partial charge in [0.1, 0.15) is 10.9 Å². The molecule has 1 aliphatic rings. The second-order valence-electron chi connectivity index (χ2n) is 6.86. The Labute approximate surface area is 165 Å². The van der Waals surface area contributed by atoms with E-state index in [4.69, 9.17) is 4.74 Å². The van der Waals surface area contributed by atoms with E-state index in [9.17, 15) is 4.79 Å². The van der Waals surface area contributed by atoms with Gasteiger partial charge < -0.3 is 10.1 Å². The Morgan fingerprint density at radius 2 is 2.26 bits per heavy atom. The van der Waals surface area contributed by atoms with E-state index in [1.165, 1.54) is 23.8 Å². The molecule has 27 heavy (non-hydrogen) atoms. The molecule has 1 amide bonds. The Morgan fingerprint density at radius 1 is 1.41 bits per heavy atom. The second kappa shape index (κ2) is 7.49. The molecule has 142 valence electrons. The van der Waals surface area contributed by atoms with Gasteiger partial charge in [-0.15, -0.1) is 22.7 Å². The van der Waals surface area contributed by atoms with Crippen molar-refractivity contribution >= 4 is 43.9 Å². The van der Waals surface area contributed by atoms with Crippen LogP contribution in [0.3, 0.4) is 0 Å². The fourth-order valence-corrected chi connectivity index (χ4v) is 5.04. The quantitative estimate of drug-likeness (QED) is 0.703. The number of aromatic nitrogens is 3. The molecule has 3 aromatic heterocycles. The topological polar surface area (TPSA) is 80.2 Å². The minimum absolute atomic E-state index is 0.0706. The van der Waals surface area contributed by atoms with E-state index >= 15 is 0 Å². The van der Waals surface area contributed by atoms with Crippen LogP contribution in [0.15, 0.2) is 17.8 Å². The number of hydrogen-bond donors (Lipinski definition) is 1. The molecule has 0 bridgehead atoms. The molecule has 0 aromatic carbocycles. The number of nitrogens with one attached hydrogen (secondary N) is 1. The Balaban J connectivity index is 1.38. The lowest BCUT2D eigenvalue weighted by atomic mass is 10.2. The first-order valence-electron chi connectivity index (χ1n) is 8.82. The third kappa shape index (κ3) is 4.10. The van der Waals surface area contributed by atoms with E-state index in [0.717, 1.165) is 34.6 Å². The van der Waals surface area contributed by atoms with Crippen LogP contribution in [0.25, 0.3) is 10.2 Å². The molecule has 0 saturated carbocycles. The third-order valence-electron chi connectivity index (χ3n) is 4.64. The fraction of sp³-hybridized carbons (Fsp3) is 0.444. The first-order chi connectivity index (χ1) is 13.0. The van der Waals surface area contributed by atoms with Crippen molar-refractivity contribution in [1.82, 2.24) is 19.9 Å². The molecular weight excluding hydrogens is 382 g/mol. The summed E-state index contributed by atoms with van der Waals surface area (Å²) in [4.78, 5) is 28.8. The number of hydrogen-bond acceptors (Lipinski definition) is 8. The minimum Gasteiger partial charge on any atom is -0.459 e. The molecule has 0 unspecified atom stereocenters. The van der Waals surface area contributed by atoms with Gasteiger partial charge >= 0.3 is 6.01 Å². The number of carbonyl (C=O) groups excluding carboxylic acids is 1. The standard InChI is InChI=1S/C18H21N5O2S2/c1-10-9-26-16-15(10)6-19-17(22-16)25-13-4-11(2)23(7-13)8-14-5-20-18(27-14)21-12(3)24/h5-6,9,11,13H,4,7-8H2,1-3H3,(H,20,21,24)/t11-,13+/m0/s1. The fourth-order valence-electron chi connectivity index (χ4n) is 3.27. The average Bonchev–Trinajstić information content (AvgIpc) is 3.29. The van der Waals surface area contributed by atoms with Crippen LogP contribution in [-0.4, -0.2) is 44.4 Å². The summed E-state index contributed by atoms with van der Waals surface area (Å²) >= 11 is 3.13. The Hall–Kier alpha value is -2.10. The number of likely N-dealkylation sites (tertiary alicyclic amines) is 1. The van der Waals surface area contributed by atoms with Crippen LogP contribution in [-0.2, 0) is 11.3 Å². The lowest BCUT2D eigenvalue weighted by molar-refractivity contribution is -0.114. The number of aryl methyl sites for hydroxylation is 1. The van der Waals surface area contributed by atoms with Crippen LogP contribution in [0.1, 0.15) is 30.7 Å². The van der Waals surface area contributed by atoms with Gasteiger partial charge in [-0.1, -0.05) is 0 Å². The highest BCUT2D eigenvalue weighted by Gasteiger charge is 2.31. The zero-order valence-electron chi connectivity index (χ0n) is 15.4. The number of anilines is 1. The maximum atomic E-state index is 11.1. The van der Waals surface area contributed by atoms with Gasteiger partial charge in [-0.3, -0.25) is 9.69 Å². The lowest BCUT2D eigenvalue weighted by Crippen LogP contribution is -2.27. The summed E-state index contributed by atoms with van der Waals surface area (Å²) in [5.41, 5.74) is 1.20. The molecule has 1 fully saturated rings. The molecule has 2 atom stereocenters. The maximum Gasteiger partial charge on any atom is 0.318 e. The van der Waals surface area contributed by atoms with Gasteiger partial charge in [0.25, 0.3) is 0 Å². The van der Waals surface area contributed by atoms with Gasteiger partial charge in [-0.2, -0.15) is 4.98 Å². The van der Waals surface area contributed by atoms with Gasteiger partial charge in [-0.05, 0) is 24.8 Å². The van der Waals surface area contributed by atoms with E-state index in [-0.39, 0.29) is 12.0 Å². The summed E-state index contributed by atoms with van der Waals surface area (Å²) in [6.45, 7) is 7.37. The van der Waals surface area contributed by atoms with E-state index in [1.807, 2.05) is 12.4 Å². The average molecular weight is 404 g/mol. The molecule has 4 rings (SSSR count). The number of amides is 1. The van der Waals surface area contributed by atoms with E-state index in [0.29, 0.717) is 17.2 Å². The van der Waals surface area contributed by atoms with Gasteiger partial charge in [0.05, 0.1) is 0 Å². The van der Waals surface area contributed by atoms with Crippen LogP contribution in [0.5, 0.6) is 6.01 Å². The molecule has 3 aromatic rings. The largest absolute Gasteiger partial charge is 0.459 e. The number of ether oxygens (including phenoxy) is 1. The number of thiazole rings is 1. The van der Waals surface area contributed by atoms with Crippen molar-refractivity contribution in [3.8, 4) is 6.01 Å². The van der Waals surface area contributed by atoms with Crippen molar-refractivity contribution < 1.29 is 9.53 Å². The minimum atomic E-state index is -0.100. The summed E-state index contributed by atoms with van der Waals surface area (Å²) in [5.74, 6) is -0.100. The maximum absolute atomic E-state index is 11.1. The molecular formula is C18H21N5O2S2. The summed E-state index contributed by atoms with van der Waals surface area (Å²) in [5, 5.41) is 6.55. The van der Waals surface area contributed by atoms with E-state index < -0.39 is 0 Å². The second-order valence-corrected chi connectivity index (χ2v) is 8.83. The van der Waals surface area contributed by atoms with Crippen molar-refractivity contribution in [2.45, 2.75) is 45.9 Å². The first kappa shape index (κ1) is 18.3. The molecule has 7 nitrogen and oxygen atoms in total. The normalized spacial score (nSPS) is 20.3. The van der Waals surface area contributed by atoms with E-state index in [1.54, 1.807) is 11.3 Å². The molecule has 1 N–H and O–H groups in total. The van der Waals surface area contributed by atoms with Crippen LogP contribution in [0.2, 0.25) is 0 Å². The van der Waals surface area contributed by atoms with Crippen molar-refractivity contribution in [2.75, 3.05) is 11.9 Å². The summed E-state index contributed by atoms with van der Waals surface area (Å²) in [6.07, 6.45) is 4.68. The Bertz CT molecular complexity index is 970. The molecule has 4 heterocycles. The predicted molar refractivity (Wildman–Crippen MR) is 107 cm³/mol. The number of rotatable bonds is 5. The number of carbonyl (C=O) groups is 1. The molecule has 0 spiro atoms. The van der Waals surface area contributed by atoms with E-state index in [2.05, 4.69) is 44.4 Å². The highest BCUT2D eigenvalue weighted by atomic mass is 32.1. The van der Waals surface area contributed by atoms with Gasteiger partial charge in [0, 0.05) is 55.1 Å². The van der Waals surface area contributed by atoms with Crippen LogP contribution in [0.4, 0.5) is 5.13 Å². The Kier molecular flexibility index (Phi) is 5.07. The monoisotopic (exact) mass is 403 g/mol. The van der Waals surface area contributed by atoms with Gasteiger partial charge in [0.15, 0.2) is 5.13 Å². The van der Waals surface area contributed by atoms with Crippen molar-refractivity contribution in [3.63, 3.8) is 0 Å². The SMILES string of the molecule is CC(=O)Nc1ncc(CN2C[C@H](Oc3ncc4c(C)csc4n3)C[C@@H]2C)s1. The van der Waals surface area contributed by atoms with Crippen LogP contribution < -0.4 is 10.1 Å². The van der Waals surface area contributed by atoms with Crippen LogP contribution in [0, 0.1) is 6.92 Å². The van der Waals surface area contributed by atoms with Crippen molar-refractivity contribution in [1.29, 1.82) is 0 Å². The van der Waals surface area contributed by atoms with Gasteiger partial charge in [-0.25, -0.2) is 9.97 Å². The zero-order chi connectivity index (χ0) is 19.0. The summed E-state index contributed by atoms with van der Waals surface area (Å²) in [6, 6.07) is 0.850. The van der Waals surface area contributed by atoms with Crippen LogP contribution >= 0.6 is 22.7 Å². The van der Waals surface area contributed by atoms with Gasteiger partial charge in [0.2, 0.25) is 5.91 Å². The zero-order valence-corrected chi connectivity index (χ0v) is 17.1.